The van der Waals surface area contributed by atoms with E-state index in [1.165, 1.54) is 23.4 Å². The normalized spacial score (nSPS) is 21.0. The van der Waals surface area contributed by atoms with E-state index in [0.29, 0.717) is 12.5 Å². The second kappa shape index (κ2) is 5.85. The summed E-state index contributed by atoms with van der Waals surface area (Å²) in [5.41, 5.74) is 3.67. The lowest BCUT2D eigenvalue weighted by Gasteiger charge is -2.22. The van der Waals surface area contributed by atoms with Gasteiger partial charge in [0.25, 0.3) is 0 Å². The third-order valence-corrected chi connectivity index (χ3v) is 4.79. The van der Waals surface area contributed by atoms with Crippen LogP contribution in [0.1, 0.15) is 29.4 Å². The van der Waals surface area contributed by atoms with Gasteiger partial charge in [0.05, 0.1) is 5.69 Å². The minimum Gasteiger partial charge on any atom is -0.489 e. The Morgan fingerprint density at radius 3 is 3.00 bits per heavy atom. The number of rotatable bonds is 3. The van der Waals surface area contributed by atoms with Gasteiger partial charge in [-0.05, 0) is 37.6 Å². The Bertz CT molecular complexity index is 747. The second-order valence-electron chi connectivity index (χ2n) is 6.70. The van der Waals surface area contributed by atoms with Crippen LogP contribution in [0.15, 0.2) is 36.0 Å². The average molecular weight is 309 g/mol. The topological polar surface area (TPSA) is 30.3 Å². The van der Waals surface area contributed by atoms with Crippen molar-refractivity contribution in [1.82, 2.24) is 14.5 Å². The van der Waals surface area contributed by atoms with Crippen molar-refractivity contribution in [1.29, 1.82) is 0 Å². The Balaban J connectivity index is 1.43. The van der Waals surface area contributed by atoms with Crippen molar-refractivity contribution in [3.63, 3.8) is 0 Å². The summed E-state index contributed by atoms with van der Waals surface area (Å²) >= 11 is 0. The van der Waals surface area contributed by atoms with E-state index in [1.54, 1.807) is 0 Å². The molecule has 2 aliphatic rings. The summed E-state index contributed by atoms with van der Waals surface area (Å²) in [7, 11) is 2.10. The Labute approximate surface area is 137 Å². The van der Waals surface area contributed by atoms with Crippen LogP contribution in [0.5, 0.6) is 5.75 Å². The van der Waals surface area contributed by atoms with Crippen LogP contribution in [0, 0.1) is 6.92 Å². The molecule has 0 aliphatic carbocycles. The fraction of sp³-hybridized carbons (Fsp3) is 0.421. The number of para-hydroxylation sites is 1. The van der Waals surface area contributed by atoms with Crippen LogP contribution in [0.2, 0.25) is 0 Å². The van der Waals surface area contributed by atoms with Crippen LogP contribution in [0.25, 0.3) is 6.08 Å². The van der Waals surface area contributed by atoms with E-state index in [-0.39, 0.29) is 0 Å². The van der Waals surface area contributed by atoms with Gasteiger partial charge in [0.2, 0.25) is 0 Å². The molecule has 3 heterocycles. The molecular weight excluding hydrogens is 286 g/mol. The summed E-state index contributed by atoms with van der Waals surface area (Å²) in [6.07, 6.45) is 5.60. The fourth-order valence-electron chi connectivity index (χ4n) is 3.74. The van der Waals surface area contributed by atoms with Gasteiger partial charge in [-0.15, -0.1) is 0 Å². The molecule has 120 valence electrons. The number of benzene rings is 1. The van der Waals surface area contributed by atoms with Crippen LogP contribution >= 0.6 is 0 Å². The minimum absolute atomic E-state index is 0.547. The van der Waals surface area contributed by atoms with Gasteiger partial charge in [-0.25, -0.2) is 4.98 Å². The molecule has 1 atom stereocenters. The fourth-order valence-corrected chi connectivity index (χ4v) is 3.74. The Morgan fingerprint density at radius 2 is 2.17 bits per heavy atom. The molecule has 2 aliphatic heterocycles. The highest BCUT2D eigenvalue weighted by Crippen LogP contribution is 2.29. The lowest BCUT2D eigenvalue weighted by molar-refractivity contribution is 0.307. The molecule has 1 aromatic heterocycles. The van der Waals surface area contributed by atoms with Gasteiger partial charge in [-0.3, -0.25) is 4.90 Å². The summed E-state index contributed by atoms with van der Waals surface area (Å²) in [5.74, 6) is 2.77. The molecule has 1 fully saturated rings. The largest absolute Gasteiger partial charge is 0.489 e. The van der Waals surface area contributed by atoms with Crippen molar-refractivity contribution in [3.8, 4) is 5.75 Å². The summed E-state index contributed by atoms with van der Waals surface area (Å²) in [6, 6.07) is 8.25. The number of hydrogen-bond donors (Lipinski definition) is 0. The van der Waals surface area contributed by atoms with Gasteiger partial charge in [-0.2, -0.15) is 0 Å². The molecule has 0 saturated carbocycles. The van der Waals surface area contributed by atoms with Crippen molar-refractivity contribution in [2.24, 2.45) is 7.05 Å². The highest BCUT2D eigenvalue weighted by molar-refractivity contribution is 5.62. The molecule has 0 spiro atoms. The van der Waals surface area contributed by atoms with Crippen LogP contribution < -0.4 is 4.74 Å². The predicted octanol–water partition coefficient (Wildman–Crippen LogP) is 2.99. The zero-order chi connectivity index (χ0) is 15.8. The minimum atomic E-state index is 0.547. The highest BCUT2D eigenvalue weighted by Gasteiger charge is 2.27. The molecule has 2 aromatic rings. The van der Waals surface area contributed by atoms with Gasteiger partial charge in [0.15, 0.2) is 0 Å². The number of ether oxygens (including phenoxy) is 1. The Morgan fingerprint density at radius 1 is 1.30 bits per heavy atom. The van der Waals surface area contributed by atoms with E-state index in [4.69, 9.17) is 9.72 Å². The zero-order valence-electron chi connectivity index (χ0n) is 13.8. The molecule has 4 rings (SSSR count). The first-order chi connectivity index (χ1) is 11.2. The third kappa shape index (κ3) is 2.91. The molecule has 4 heteroatoms. The lowest BCUT2D eigenvalue weighted by atomic mass is 10.1. The van der Waals surface area contributed by atoms with E-state index in [2.05, 4.69) is 47.8 Å². The molecule has 1 aromatic carbocycles. The van der Waals surface area contributed by atoms with Crippen LogP contribution in [-0.2, 0) is 7.05 Å². The average Bonchev–Trinajstić information content (AvgIpc) is 3.13. The Kier molecular flexibility index (Phi) is 3.69. The molecule has 0 bridgehead atoms. The van der Waals surface area contributed by atoms with Gasteiger partial charge in [-0.1, -0.05) is 18.2 Å². The highest BCUT2D eigenvalue weighted by atomic mass is 16.5. The quantitative estimate of drug-likeness (QED) is 0.873. The first-order valence-electron chi connectivity index (χ1n) is 8.32. The molecule has 0 unspecified atom stereocenters. The lowest BCUT2D eigenvalue weighted by Crippen LogP contribution is -2.26. The SMILES string of the molecule is Cc1cn(C)c([C@H]2CCN(CC3=Cc4ccccc4OC3)C2)n1. The number of aromatic nitrogens is 2. The van der Waals surface area contributed by atoms with E-state index >= 15 is 0 Å². The monoisotopic (exact) mass is 309 g/mol. The maximum Gasteiger partial charge on any atom is 0.127 e. The third-order valence-electron chi connectivity index (χ3n) is 4.79. The van der Waals surface area contributed by atoms with Gasteiger partial charge >= 0.3 is 0 Å². The van der Waals surface area contributed by atoms with Crippen LogP contribution in [0.3, 0.4) is 0 Å². The van der Waals surface area contributed by atoms with Crippen LogP contribution in [-0.4, -0.2) is 40.7 Å². The summed E-state index contributed by atoms with van der Waals surface area (Å²) in [6.45, 7) is 5.99. The number of fused-ring (bicyclic) bond motifs is 1. The second-order valence-corrected chi connectivity index (χ2v) is 6.70. The van der Waals surface area contributed by atoms with Gasteiger partial charge in [0.1, 0.15) is 18.2 Å². The summed E-state index contributed by atoms with van der Waals surface area (Å²) in [5, 5.41) is 0. The molecule has 0 N–H and O–H groups in total. The number of likely N-dealkylation sites (tertiary alicyclic amines) is 1. The first kappa shape index (κ1) is 14.5. The maximum absolute atomic E-state index is 5.87. The number of aryl methyl sites for hydroxylation is 2. The Hall–Kier alpha value is -2.07. The molecule has 0 radical (unpaired) electrons. The number of nitrogens with zero attached hydrogens (tertiary/aromatic N) is 3. The standard InChI is InChI=1S/C19H23N3O/c1-14-10-21(2)19(20-14)17-7-8-22(12-17)11-15-9-16-5-3-4-6-18(16)23-13-15/h3-6,9-10,17H,7-8,11-13H2,1-2H3/t17-/m0/s1. The summed E-state index contributed by atoms with van der Waals surface area (Å²) < 4.78 is 8.05. The maximum atomic E-state index is 5.87. The predicted molar refractivity (Wildman–Crippen MR) is 91.7 cm³/mol. The van der Waals surface area contributed by atoms with Crippen molar-refractivity contribution in [2.75, 3.05) is 26.2 Å². The first-order valence-corrected chi connectivity index (χ1v) is 8.32. The molecule has 0 amide bonds. The molecular formula is C19H23N3O. The smallest absolute Gasteiger partial charge is 0.127 e. The van der Waals surface area contributed by atoms with E-state index < -0.39 is 0 Å². The number of hydrogen-bond acceptors (Lipinski definition) is 3. The molecule has 23 heavy (non-hydrogen) atoms. The van der Waals surface area contributed by atoms with E-state index in [1.807, 2.05) is 12.1 Å². The van der Waals surface area contributed by atoms with Crippen molar-refractivity contribution < 1.29 is 4.74 Å². The summed E-state index contributed by atoms with van der Waals surface area (Å²) in [4.78, 5) is 7.23. The van der Waals surface area contributed by atoms with Crippen molar-refractivity contribution in [3.05, 3.63) is 53.1 Å². The molecule has 4 nitrogen and oxygen atoms in total. The van der Waals surface area contributed by atoms with Crippen molar-refractivity contribution >= 4 is 6.08 Å². The van der Waals surface area contributed by atoms with Gasteiger partial charge < -0.3 is 9.30 Å². The van der Waals surface area contributed by atoms with E-state index in [9.17, 15) is 0 Å². The van der Waals surface area contributed by atoms with Crippen LogP contribution in [0.4, 0.5) is 0 Å². The zero-order valence-corrected chi connectivity index (χ0v) is 13.8. The number of imidazole rings is 1. The van der Waals surface area contributed by atoms with E-state index in [0.717, 1.165) is 31.1 Å². The molecule has 1 saturated heterocycles. The van der Waals surface area contributed by atoms with Gasteiger partial charge in [0, 0.05) is 37.8 Å². The van der Waals surface area contributed by atoms with Crippen molar-refractivity contribution in [2.45, 2.75) is 19.3 Å².